The molecule has 0 fully saturated rings. The SMILES string of the molecule is CCC(CC)CNC(=NC)NCc1ccc(C#N)cc1F. The van der Waals surface area contributed by atoms with Crippen molar-refractivity contribution in [1.82, 2.24) is 10.6 Å². The minimum atomic E-state index is -0.378. The quantitative estimate of drug-likeness (QED) is 0.625. The van der Waals surface area contributed by atoms with Crippen molar-refractivity contribution < 1.29 is 4.39 Å². The highest BCUT2D eigenvalue weighted by atomic mass is 19.1. The number of nitrogens with zero attached hydrogens (tertiary/aromatic N) is 2. The standard InChI is InChI=1S/C16H23FN4/c1-4-12(5-2)10-20-16(19-3)21-11-14-7-6-13(9-18)8-15(14)17/h6-8,12H,4-5,10-11H2,1-3H3,(H2,19,20,21). The van der Waals surface area contributed by atoms with E-state index in [1.54, 1.807) is 19.2 Å². The largest absolute Gasteiger partial charge is 0.356 e. The predicted octanol–water partition coefficient (Wildman–Crippen LogP) is 2.80. The van der Waals surface area contributed by atoms with Crippen LogP contribution in [0.2, 0.25) is 0 Å². The van der Waals surface area contributed by atoms with Crippen LogP contribution in [0.15, 0.2) is 23.2 Å². The number of halogens is 1. The van der Waals surface area contributed by atoms with Crippen molar-refractivity contribution >= 4 is 5.96 Å². The number of guanidine groups is 1. The smallest absolute Gasteiger partial charge is 0.191 e. The van der Waals surface area contributed by atoms with E-state index >= 15 is 0 Å². The summed E-state index contributed by atoms with van der Waals surface area (Å²) in [6, 6.07) is 6.40. The Bertz CT molecular complexity index is 515. The summed E-state index contributed by atoms with van der Waals surface area (Å²) in [4.78, 5) is 4.13. The Morgan fingerprint density at radius 3 is 2.57 bits per heavy atom. The molecule has 0 aliphatic carbocycles. The van der Waals surface area contributed by atoms with Crippen LogP contribution >= 0.6 is 0 Å². The van der Waals surface area contributed by atoms with E-state index in [1.807, 2.05) is 6.07 Å². The second-order valence-electron chi connectivity index (χ2n) is 4.91. The molecule has 0 saturated carbocycles. The highest BCUT2D eigenvalue weighted by molar-refractivity contribution is 5.79. The van der Waals surface area contributed by atoms with Crippen LogP contribution < -0.4 is 10.6 Å². The van der Waals surface area contributed by atoms with Crippen molar-refractivity contribution in [2.75, 3.05) is 13.6 Å². The van der Waals surface area contributed by atoms with E-state index in [0.717, 1.165) is 19.4 Å². The van der Waals surface area contributed by atoms with Gasteiger partial charge in [0, 0.05) is 25.7 Å². The van der Waals surface area contributed by atoms with Gasteiger partial charge in [-0.2, -0.15) is 5.26 Å². The summed E-state index contributed by atoms with van der Waals surface area (Å²) in [6.07, 6.45) is 2.23. The van der Waals surface area contributed by atoms with Crippen LogP contribution in [0.25, 0.3) is 0 Å². The third kappa shape index (κ3) is 5.42. The van der Waals surface area contributed by atoms with Gasteiger partial charge in [0.25, 0.3) is 0 Å². The van der Waals surface area contributed by atoms with Crippen LogP contribution in [-0.2, 0) is 6.54 Å². The number of nitrogens with one attached hydrogen (secondary N) is 2. The van der Waals surface area contributed by atoms with Gasteiger partial charge in [0.1, 0.15) is 5.82 Å². The molecule has 0 radical (unpaired) electrons. The Balaban J connectivity index is 2.54. The molecule has 0 heterocycles. The Morgan fingerprint density at radius 2 is 2.05 bits per heavy atom. The Labute approximate surface area is 126 Å². The van der Waals surface area contributed by atoms with Crippen molar-refractivity contribution in [2.45, 2.75) is 33.2 Å². The summed E-state index contributed by atoms with van der Waals surface area (Å²) in [5.41, 5.74) is 0.840. The fraction of sp³-hybridized carbons (Fsp3) is 0.500. The molecule has 4 nitrogen and oxygen atoms in total. The topological polar surface area (TPSA) is 60.2 Å². The number of nitriles is 1. The number of benzene rings is 1. The molecule has 0 spiro atoms. The first-order valence-corrected chi connectivity index (χ1v) is 7.27. The van der Waals surface area contributed by atoms with E-state index in [2.05, 4.69) is 29.5 Å². The zero-order valence-electron chi connectivity index (χ0n) is 12.9. The number of rotatable bonds is 6. The van der Waals surface area contributed by atoms with Crippen molar-refractivity contribution in [2.24, 2.45) is 10.9 Å². The minimum absolute atomic E-state index is 0.326. The normalized spacial score (nSPS) is 11.3. The predicted molar refractivity (Wildman–Crippen MR) is 83.4 cm³/mol. The lowest BCUT2D eigenvalue weighted by Gasteiger charge is -2.16. The van der Waals surface area contributed by atoms with Crippen LogP contribution in [-0.4, -0.2) is 19.6 Å². The molecule has 0 unspecified atom stereocenters. The third-order valence-corrected chi connectivity index (χ3v) is 3.56. The van der Waals surface area contributed by atoms with Gasteiger partial charge in [0.15, 0.2) is 5.96 Å². The van der Waals surface area contributed by atoms with E-state index in [1.165, 1.54) is 6.07 Å². The van der Waals surface area contributed by atoms with E-state index in [4.69, 9.17) is 5.26 Å². The Kier molecular flexibility index (Phi) is 7.24. The van der Waals surface area contributed by atoms with E-state index in [9.17, 15) is 4.39 Å². The summed E-state index contributed by atoms with van der Waals surface area (Å²) < 4.78 is 13.8. The average Bonchev–Trinajstić information content (AvgIpc) is 2.52. The van der Waals surface area contributed by atoms with Crippen molar-refractivity contribution in [1.29, 1.82) is 5.26 Å². The fourth-order valence-corrected chi connectivity index (χ4v) is 1.98. The first kappa shape index (κ1) is 17.0. The average molecular weight is 290 g/mol. The third-order valence-electron chi connectivity index (χ3n) is 3.56. The molecule has 0 aliphatic rings. The molecule has 0 amide bonds. The Hall–Kier alpha value is -2.09. The summed E-state index contributed by atoms with van der Waals surface area (Å²) in [5, 5.41) is 15.0. The minimum Gasteiger partial charge on any atom is -0.356 e. The first-order valence-electron chi connectivity index (χ1n) is 7.27. The lowest BCUT2D eigenvalue weighted by molar-refractivity contribution is 0.481. The molecule has 0 aliphatic heterocycles. The van der Waals surface area contributed by atoms with E-state index in [0.29, 0.717) is 29.5 Å². The Morgan fingerprint density at radius 1 is 1.33 bits per heavy atom. The first-order chi connectivity index (χ1) is 10.1. The van der Waals surface area contributed by atoms with Gasteiger partial charge in [0.05, 0.1) is 11.6 Å². The molecular formula is C16H23FN4. The second kappa shape index (κ2) is 8.96. The lowest BCUT2D eigenvalue weighted by atomic mass is 10.0. The van der Waals surface area contributed by atoms with Crippen LogP contribution in [0.5, 0.6) is 0 Å². The van der Waals surface area contributed by atoms with Crippen LogP contribution in [0, 0.1) is 23.1 Å². The molecule has 0 bridgehead atoms. The summed E-state index contributed by atoms with van der Waals surface area (Å²) in [7, 11) is 1.69. The maximum Gasteiger partial charge on any atom is 0.191 e. The van der Waals surface area contributed by atoms with Crippen LogP contribution in [0.3, 0.4) is 0 Å². The van der Waals surface area contributed by atoms with Crippen molar-refractivity contribution in [3.63, 3.8) is 0 Å². The van der Waals surface area contributed by atoms with Crippen LogP contribution in [0.4, 0.5) is 4.39 Å². The van der Waals surface area contributed by atoms with E-state index in [-0.39, 0.29) is 5.82 Å². The van der Waals surface area contributed by atoms with Gasteiger partial charge in [-0.15, -0.1) is 0 Å². The summed E-state index contributed by atoms with van der Waals surface area (Å²) in [5.74, 6) is 0.887. The number of aliphatic imine (C=N–C) groups is 1. The van der Waals surface area contributed by atoms with Gasteiger partial charge in [0.2, 0.25) is 0 Å². The van der Waals surface area contributed by atoms with Crippen LogP contribution in [0.1, 0.15) is 37.8 Å². The second-order valence-corrected chi connectivity index (χ2v) is 4.91. The van der Waals surface area contributed by atoms with Crippen molar-refractivity contribution in [3.8, 4) is 6.07 Å². The highest BCUT2D eigenvalue weighted by Gasteiger charge is 2.07. The molecule has 21 heavy (non-hydrogen) atoms. The van der Waals surface area contributed by atoms with Crippen molar-refractivity contribution in [3.05, 3.63) is 35.1 Å². The zero-order valence-corrected chi connectivity index (χ0v) is 12.9. The molecule has 2 N–H and O–H groups in total. The monoisotopic (exact) mass is 290 g/mol. The molecule has 0 saturated heterocycles. The molecule has 1 rings (SSSR count). The maximum absolute atomic E-state index is 13.8. The van der Waals surface area contributed by atoms with Gasteiger partial charge < -0.3 is 10.6 Å². The molecule has 0 atom stereocenters. The number of hydrogen-bond acceptors (Lipinski definition) is 2. The number of hydrogen-bond donors (Lipinski definition) is 2. The molecule has 1 aromatic rings. The van der Waals surface area contributed by atoms with Gasteiger partial charge in [-0.3, -0.25) is 4.99 Å². The van der Waals surface area contributed by atoms with E-state index < -0.39 is 0 Å². The van der Waals surface area contributed by atoms with Gasteiger partial charge in [-0.1, -0.05) is 32.8 Å². The molecule has 1 aromatic carbocycles. The molecule has 0 aromatic heterocycles. The maximum atomic E-state index is 13.8. The lowest BCUT2D eigenvalue weighted by Crippen LogP contribution is -2.39. The molecular weight excluding hydrogens is 267 g/mol. The molecule has 114 valence electrons. The zero-order chi connectivity index (χ0) is 15.7. The van der Waals surface area contributed by atoms with Gasteiger partial charge in [-0.25, -0.2) is 4.39 Å². The summed E-state index contributed by atoms with van der Waals surface area (Å²) >= 11 is 0. The molecule has 5 heteroatoms. The van der Waals surface area contributed by atoms with Gasteiger partial charge in [-0.05, 0) is 18.1 Å². The summed E-state index contributed by atoms with van der Waals surface area (Å²) in [6.45, 7) is 5.51. The van der Waals surface area contributed by atoms with Gasteiger partial charge >= 0.3 is 0 Å². The highest BCUT2D eigenvalue weighted by Crippen LogP contribution is 2.09. The fourth-order valence-electron chi connectivity index (χ4n) is 1.98.